The number of benzene rings is 1. The van der Waals surface area contributed by atoms with Crippen LogP contribution in [0.25, 0.3) is 11.3 Å². The molecule has 12 nitrogen and oxygen atoms in total. The number of aromatic nitrogens is 7. The number of pyridine rings is 1. The smallest absolute Gasteiger partial charge is 0.320 e. The van der Waals surface area contributed by atoms with Gasteiger partial charge >= 0.3 is 6.03 Å². The molecule has 0 bridgehead atoms. The monoisotopic (exact) mass is 622 g/mol. The number of rotatable bonds is 6. The van der Waals surface area contributed by atoms with Crippen LogP contribution in [0.4, 0.5) is 10.6 Å². The van der Waals surface area contributed by atoms with Gasteiger partial charge in [0.05, 0.1) is 35.9 Å². The molecule has 1 aromatic carbocycles. The molecule has 2 N–H and O–H groups in total. The number of urea groups is 1. The lowest BCUT2D eigenvalue weighted by molar-refractivity contribution is 0.170. The number of carbonyl (C=O) groups excluding carboxylic acids is 1. The third kappa shape index (κ3) is 5.40. The van der Waals surface area contributed by atoms with Crippen LogP contribution in [-0.4, -0.2) is 58.7 Å². The molecular weight excluding hydrogens is 580 g/mol. The molecule has 0 spiro atoms. The normalized spacial score (nSPS) is 21.8. The standard InChI is InChI=1S/C34H42N10O2/c1-33(2,3)28-18-30(44(40-28)22-19-35-42(6)20-22)37-32(45)36-26-13-14-27(25-11-8-7-10-24(25)26)46-23-12-15-29-38-39-31(43(29)21-23)34(4)16-9-17-41(34)5/h7-8,10-12,15,18-21,26-27H,9,13-14,16-17H2,1-6H3,(H2,36,37,45)/t26-,27+,34-/m0/s1. The van der Waals surface area contributed by atoms with Crippen molar-refractivity contribution < 1.29 is 9.53 Å². The maximum atomic E-state index is 13.5. The summed E-state index contributed by atoms with van der Waals surface area (Å²) in [7, 11) is 4.01. The molecule has 46 heavy (non-hydrogen) atoms. The van der Waals surface area contributed by atoms with Gasteiger partial charge in [0.15, 0.2) is 11.5 Å². The first-order valence-corrected chi connectivity index (χ1v) is 16.0. The Labute approximate surface area is 268 Å². The number of likely N-dealkylation sites (tertiary alicyclic amines) is 1. The zero-order valence-corrected chi connectivity index (χ0v) is 27.4. The highest BCUT2D eigenvalue weighted by Gasteiger charge is 2.40. The van der Waals surface area contributed by atoms with E-state index in [9.17, 15) is 4.79 Å². The Morgan fingerprint density at radius 2 is 1.85 bits per heavy atom. The largest absolute Gasteiger partial charge is 0.484 e. The molecule has 12 heteroatoms. The number of hydrogen-bond acceptors (Lipinski definition) is 7. The summed E-state index contributed by atoms with van der Waals surface area (Å²) in [6, 6.07) is 13.6. The van der Waals surface area contributed by atoms with Crippen molar-refractivity contribution in [2.45, 2.75) is 76.5 Å². The van der Waals surface area contributed by atoms with Crippen LogP contribution < -0.4 is 15.4 Å². The molecule has 3 atom stereocenters. The van der Waals surface area contributed by atoms with Crippen LogP contribution in [0.2, 0.25) is 0 Å². The predicted molar refractivity (Wildman–Crippen MR) is 175 cm³/mol. The first-order chi connectivity index (χ1) is 22.0. The second-order valence-electron chi connectivity index (χ2n) is 13.8. The van der Waals surface area contributed by atoms with Crippen LogP contribution in [0.3, 0.4) is 0 Å². The first-order valence-electron chi connectivity index (χ1n) is 16.0. The van der Waals surface area contributed by atoms with Crippen LogP contribution in [-0.2, 0) is 18.0 Å². The topological polar surface area (TPSA) is 119 Å². The van der Waals surface area contributed by atoms with Gasteiger partial charge in [0, 0.05) is 18.5 Å². The number of amides is 2. The summed E-state index contributed by atoms with van der Waals surface area (Å²) in [5, 5.41) is 24.4. The summed E-state index contributed by atoms with van der Waals surface area (Å²) < 4.78 is 12.2. The lowest BCUT2D eigenvalue weighted by Gasteiger charge is -2.32. The molecule has 1 aliphatic heterocycles. The van der Waals surface area contributed by atoms with Gasteiger partial charge in [-0.3, -0.25) is 19.3 Å². The molecule has 2 aliphatic rings. The van der Waals surface area contributed by atoms with Crippen molar-refractivity contribution in [3.05, 3.63) is 83.7 Å². The van der Waals surface area contributed by atoms with Gasteiger partial charge in [-0.2, -0.15) is 10.2 Å². The first kappa shape index (κ1) is 30.0. The fourth-order valence-corrected chi connectivity index (χ4v) is 6.74. The molecule has 0 radical (unpaired) electrons. The van der Waals surface area contributed by atoms with Crippen molar-refractivity contribution in [1.82, 2.24) is 44.4 Å². The highest BCUT2D eigenvalue weighted by molar-refractivity contribution is 5.89. The van der Waals surface area contributed by atoms with Crippen LogP contribution in [0.5, 0.6) is 5.75 Å². The Balaban J connectivity index is 1.10. The third-order valence-corrected chi connectivity index (χ3v) is 9.53. The minimum Gasteiger partial charge on any atom is -0.484 e. The van der Waals surface area contributed by atoms with Crippen LogP contribution in [0, 0.1) is 0 Å². The quantitative estimate of drug-likeness (QED) is 0.251. The van der Waals surface area contributed by atoms with Crippen molar-refractivity contribution in [3.8, 4) is 11.4 Å². The van der Waals surface area contributed by atoms with E-state index in [-0.39, 0.29) is 29.1 Å². The number of anilines is 1. The van der Waals surface area contributed by atoms with Crippen molar-refractivity contribution >= 4 is 17.5 Å². The van der Waals surface area contributed by atoms with Crippen LogP contribution in [0.1, 0.15) is 88.2 Å². The van der Waals surface area contributed by atoms with Gasteiger partial charge in [-0.25, -0.2) is 9.48 Å². The highest BCUT2D eigenvalue weighted by atomic mass is 16.5. The molecular formula is C34H42N10O2. The van der Waals surface area contributed by atoms with E-state index >= 15 is 0 Å². The van der Waals surface area contributed by atoms with Crippen molar-refractivity contribution in [1.29, 1.82) is 0 Å². The number of fused-ring (bicyclic) bond motifs is 2. The number of aryl methyl sites for hydroxylation is 1. The lowest BCUT2D eigenvalue weighted by atomic mass is 9.85. The SMILES string of the molecule is CN1CCC[C@@]1(C)c1nnc2ccc(O[C@@H]3CC[C@H](NC(=O)Nc4cc(C(C)(C)C)nn4-c4cnn(C)c4)c4ccccc43)cn12. The van der Waals surface area contributed by atoms with E-state index in [4.69, 9.17) is 9.84 Å². The van der Waals surface area contributed by atoms with Gasteiger partial charge in [-0.15, -0.1) is 10.2 Å². The summed E-state index contributed by atoms with van der Waals surface area (Å²) in [6.45, 7) is 9.58. The number of carbonyl (C=O) groups is 1. The summed E-state index contributed by atoms with van der Waals surface area (Å²) in [4.78, 5) is 15.8. The molecule has 4 aromatic heterocycles. The molecule has 0 unspecified atom stereocenters. The van der Waals surface area contributed by atoms with E-state index in [2.05, 4.69) is 82.1 Å². The van der Waals surface area contributed by atoms with Crippen LogP contribution in [0.15, 0.2) is 61.1 Å². The minimum atomic E-state index is -0.291. The van der Waals surface area contributed by atoms with Crippen molar-refractivity contribution in [2.75, 3.05) is 18.9 Å². The molecule has 240 valence electrons. The molecule has 2 amide bonds. The lowest BCUT2D eigenvalue weighted by Crippen LogP contribution is -2.37. The Kier molecular flexibility index (Phi) is 7.34. The number of nitrogens with zero attached hydrogens (tertiary/aromatic N) is 8. The van der Waals surface area contributed by atoms with Crippen molar-refractivity contribution in [2.24, 2.45) is 7.05 Å². The van der Waals surface area contributed by atoms with E-state index in [0.29, 0.717) is 5.82 Å². The number of ether oxygens (including phenoxy) is 1. The minimum absolute atomic E-state index is 0.152. The molecule has 5 heterocycles. The van der Waals surface area contributed by atoms with E-state index in [1.165, 1.54) is 0 Å². The highest BCUT2D eigenvalue weighted by Crippen LogP contribution is 2.40. The molecule has 1 fully saturated rings. The van der Waals surface area contributed by atoms with Gasteiger partial charge in [-0.05, 0) is 69.5 Å². The van der Waals surface area contributed by atoms with Gasteiger partial charge in [0.25, 0.3) is 0 Å². The Morgan fingerprint density at radius 1 is 1.04 bits per heavy atom. The molecule has 0 saturated carbocycles. The summed E-state index contributed by atoms with van der Waals surface area (Å²) >= 11 is 0. The molecule has 1 saturated heterocycles. The van der Waals surface area contributed by atoms with Gasteiger partial charge in [0.1, 0.15) is 23.4 Å². The number of nitrogens with one attached hydrogen (secondary N) is 2. The Bertz CT molecular complexity index is 1900. The van der Waals surface area contributed by atoms with E-state index in [1.54, 1.807) is 15.6 Å². The van der Waals surface area contributed by atoms with Gasteiger partial charge < -0.3 is 10.1 Å². The van der Waals surface area contributed by atoms with Gasteiger partial charge in [0.2, 0.25) is 0 Å². The van der Waals surface area contributed by atoms with E-state index in [1.807, 2.05) is 49.8 Å². The Hall–Kier alpha value is -4.71. The molecule has 7 rings (SSSR count). The molecule has 1 aliphatic carbocycles. The average Bonchev–Trinajstić information content (AvgIpc) is 3.81. The van der Waals surface area contributed by atoms with Crippen LogP contribution >= 0.6 is 0 Å². The Morgan fingerprint density at radius 3 is 2.57 bits per heavy atom. The maximum Gasteiger partial charge on any atom is 0.320 e. The number of hydrogen-bond donors (Lipinski definition) is 2. The predicted octanol–water partition coefficient (Wildman–Crippen LogP) is 5.66. The average molecular weight is 623 g/mol. The summed E-state index contributed by atoms with van der Waals surface area (Å²) in [5.74, 6) is 2.29. The van der Waals surface area contributed by atoms with Crippen molar-refractivity contribution in [3.63, 3.8) is 0 Å². The fraction of sp³-hybridized carbons (Fsp3) is 0.441. The second-order valence-corrected chi connectivity index (χ2v) is 13.8. The third-order valence-electron chi connectivity index (χ3n) is 9.53. The summed E-state index contributed by atoms with van der Waals surface area (Å²) in [6.07, 6.45) is 9.11. The molecule has 5 aromatic rings. The zero-order chi connectivity index (χ0) is 32.2. The second kappa shape index (κ2) is 11.3. The zero-order valence-electron chi connectivity index (χ0n) is 27.4. The van der Waals surface area contributed by atoms with Gasteiger partial charge in [-0.1, -0.05) is 45.0 Å². The van der Waals surface area contributed by atoms with E-state index in [0.717, 1.165) is 72.0 Å². The fourth-order valence-electron chi connectivity index (χ4n) is 6.74. The maximum absolute atomic E-state index is 13.5. The summed E-state index contributed by atoms with van der Waals surface area (Å²) in [5.41, 5.74) is 4.22. The van der Waals surface area contributed by atoms with E-state index < -0.39 is 0 Å².